The molecule has 3 N–H and O–H groups in total. The Morgan fingerprint density at radius 3 is 2.38 bits per heavy atom. The molecule has 0 aromatic carbocycles. The Morgan fingerprint density at radius 1 is 1.46 bits per heavy atom. The SMILES string of the molecule is C=C(C)C(=O)OCCC[Si](C)C.N. The largest absolute Gasteiger partial charge is 0.462 e. The summed E-state index contributed by atoms with van der Waals surface area (Å²) in [6.45, 7) is 10.2. The van der Waals surface area contributed by atoms with Crippen LogP contribution in [0.15, 0.2) is 12.2 Å². The third-order valence-corrected chi connectivity index (χ3v) is 2.76. The molecule has 3 nitrogen and oxygen atoms in total. The molecule has 13 heavy (non-hydrogen) atoms. The van der Waals surface area contributed by atoms with E-state index < -0.39 is 0 Å². The molecule has 0 bridgehead atoms. The van der Waals surface area contributed by atoms with Crippen LogP contribution in [-0.2, 0) is 9.53 Å². The highest BCUT2D eigenvalue weighted by Crippen LogP contribution is 1.99. The average molecular weight is 202 g/mol. The Morgan fingerprint density at radius 2 is 2.00 bits per heavy atom. The van der Waals surface area contributed by atoms with E-state index in [2.05, 4.69) is 19.7 Å². The normalized spacial score (nSPS) is 9.23. The van der Waals surface area contributed by atoms with Crippen LogP contribution in [0, 0.1) is 0 Å². The molecule has 0 fully saturated rings. The highest BCUT2D eigenvalue weighted by Gasteiger charge is 2.02. The maximum atomic E-state index is 10.9. The topological polar surface area (TPSA) is 61.3 Å². The second-order valence-electron chi connectivity index (χ2n) is 3.23. The van der Waals surface area contributed by atoms with Crippen molar-refractivity contribution in [3.8, 4) is 0 Å². The first-order chi connectivity index (χ1) is 5.54. The predicted octanol–water partition coefficient (Wildman–Crippen LogP) is 2.41. The molecular weight excluding hydrogens is 182 g/mol. The molecule has 0 aliphatic rings. The van der Waals surface area contributed by atoms with E-state index in [1.54, 1.807) is 6.92 Å². The van der Waals surface area contributed by atoms with Gasteiger partial charge in [-0.05, 0) is 13.3 Å². The molecule has 0 aliphatic heterocycles. The van der Waals surface area contributed by atoms with E-state index in [9.17, 15) is 4.79 Å². The summed E-state index contributed by atoms with van der Waals surface area (Å²) in [5, 5.41) is 0. The molecule has 0 saturated carbocycles. The quantitative estimate of drug-likeness (QED) is 0.322. The molecule has 0 rings (SSSR count). The van der Waals surface area contributed by atoms with Gasteiger partial charge in [0.05, 0.1) is 6.61 Å². The van der Waals surface area contributed by atoms with Crippen LogP contribution in [0.1, 0.15) is 13.3 Å². The Kier molecular flexibility index (Phi) is 9.17. The highest BCUT2D eigenvalue weighted by molar-refractivity contribution is 6.55. The summed E-state index contributed by atoms with van der Waals surface area (Å²) in [5.74, 6) is -0.268. The summed E-state index contributed by atoms with van der Waals surface area (Å²) in [6, 6.07) is 1.20. The minimum atomic E-state index is -0.268. The zero-order valence-electron chi connectivity index (χ0n) is 8.85. The van der Waals surface area contributed by atoms with Crippen LogP contribution < -0.4 is 6.15 Å². The maximum absolute atomic E-state index is 10.9. The van der Waals surface area contributed by atoms with Crippen molar-refractivity contribution >= 4 is 14.8 Å². The monoisotopic (exact) mass is 202 g/mol. The second kappa shape index (κ2) is 8.01. The van der Waals surface area contributed by atoms with Crippen molar-refractivity contribution < 1.29 is 9.53 Å². The number of hydrogen-bond donors (Lipinski definition) is 1. The Labute approximate surface area is 82.4 Å². The number of esters is 1. The van der Waals surface area contributed by atoms with E-state index in [1.807, 2.05) is 0 Å². The van der Waals surface area contributed by atoms with E-state index in [1.165, 1.54) is 6.04 Å². The van der Waals surface area contributed by atoms with Gasteiger partial charge in [-0.2, -0.15) is 0 Å². The van der Waals surface area contributed by atoms with Crippen LogP contribution in [0.4, 0.5) is 0 Å². The molecular formula is C9H20NO2Si. The van der Waals surface area contributed by atoms with Crippen LogP contribution in [0.25, 0.3) is 0 Å². The number of ether oxygens (including phenoxy) is 1. The Hall–Kier alpha value is -0.613. The summed E-state index contributed by atoms with van der Waals surface area (Å²) in [5.41, 5.74) is 0.480. The summed E-state index contributed by atoms with van der Waals surface area (Å²) >= 11 is 0. The van der Waals surface area contributed by atoms with Gasteiger partial charge in [0.25, 0.3) is 0 Å². The van der Waals surface area contributed by atoms with Gasteiger partial charge in [0.2, 0.25) is 0 Å². The molecule has 0 atom stereocenters. The zero-order valence-corrected chi connectivity index (χ0v) is 9.85. The standard InChI is InChI=1S/C9H17O2Si.H3N/c1-8(2)9(10)11-6-5-7-12(3)4;/h1,5-7H2,2-4H3;1H3. The molecule has 4 heteroatoms. The first kappa shape index (κ1) is 14.9. The molecule has 0 spiro atoms. The molecule has 0 heterocycles. The molecule has 0 amide bonds. The molecule has 0 aromatic rings. The summed E-state index contributed by atoms with van der Waals surface area (Å²) in [6.07, 6.45) is 0.986. The van der Waals surface area contributed by atoms with Crippen molar-refractivity contribution in [3.05, 3.63) is 12.2 Å². The zero-order chi connectivity index (χ0) is 9.56. The van der Waals surface area contributed by atoms with Gasteiger partial charge in [0, 0.05) is 14.4 Å². The fourth-order valence-corrected chi connectivity index (χ4v) is 1.57. The molecule has 0 saturated heterocycles. The molecule has 0 unspecified atom stereocenters. The van der Waals surface area contributed by atoms with Crippen molar-refractivity contribution in [2.75, 3.05) is 6.61 Å². The minimum absolute atomic E-state index is 0. The van der Waals surface area contributed by atoms with Gasteiger partial charge in [-0.3, -0.25) is 0 Å². The lowest BCUT2D eigenvalue weighted by molar-refractivity contribution is -0.138. The Bertz CT molecular complexity index is 169. The van der Waals surface area contributed by atoms with E-state index in [0.29, 0.717) is 12.2 Å². The fourth-order valence-electron chi connectivity index (χ4n) is 0.714. The lowest BCUT2D eigenvalue weighted by Crippen LogP contribution is -2.08. The van der Waals surface area contributed by atoms with Crippen LogP contribution in [0.3, 0.4) is 0 Å². The van der Waals surface area contributed by atoms with Gasteiger partial charge in [-0.25, -0.2) is 4.79 Å². The van der Waals surface area contributed by atoms with Crippen molar-refractivity contribution in [3.63, 3.8) is 0 Å². The van der Waals surface area contributed by atoms with Crippen molar-refractivity contribution in [1.82, 2.24) is 6.15 Å². The van der Waals surface area contributed by atoms with Gasteiger partial charge < -0.3 is 10.9 Å². The van der Waals surface area contributed by atoms with Gasteiger partial charge in [0.1, 0.15) is 0 Å². The lowest BCUT2D eigenvalue weighted by Gasteiger charge is -2.04. The highest BCUT2D eigenvalue weighted by atomic mass is 28.3. The smallest absolute Gasteiger partial charge is 0.333 e. The lowest BCUT2D eigenvalue weighted by atomic mass is 10.4. The van der Waals surface area contributed by atoms with Crippen LogP contribution >= 0.6 is 0 Å². The predicted molar refractivity (Wildman–Crippen MR) is 57.7 cm³/mol. The van der Waals surface area contributed by atoms with Gasteiger partial charge >= 0.3 is 5.97 Å². The first-order valence-electron chi connectivity index (χ1n) is 4.15. The van der Waals surface area contributed by atoms with Crippen LogP contribution in [-0.4, -0.2) is 21.4 Å². The summed E-state index contributed by atoms with van der Waals surface area (Å²) in [7, 11) is -0.166. The fraction of sp³-hybridized carbons (Fsp3) is 0.667. The molecule has 0 aliphatic carbocycles. The number of carbonyl (C=O) groups is 1. The van der Waals surface area contributed by atoms with Crippen LogP contribution in [0.5, 0.6) is 0 Å². The molecule has 77 valence electrons. The van der Waals surface area contributed by atoms with Gasteiger partial charge in [0.15, 0.2) is 0 Å². The van der Waals surface area contributed by atoms with Gasteiger partial charge in [-0.15, -0.1) is 0 Å². The van der Waals surface area contributed by atoms with Gasteiger partial charge in [-0.1, -0.05) is 25.7 Å². The van der Waals surface area contributed by atoms with E-state index in [4.69, 9.17) is 4.74 Å². The van der Waals surface area contributed by atoms with Crippen molar-refractivity contribution in [2.45, 2.75) is 32.5 Å². The average Bonchev–Trinajstić information content (AvgIpc) is 1.97. The third kappa shape index (κ3) is 9.30. The second-order valence-corrected chi connectivity index (χ2v) is 6.14. The maximum Gasteiger partial charge on any atom is 0.333 e. The number of hydrogen-bond acceptors (Lipinski definition) is 3. The van der Waals surface area contributed by atoms with Crippen molar-refractivity contribution in [2.24, 2.45) is 0 Å². The summed E-state index contributed by atoms with van der Waals surface area (Å²) < 4.78 is 4.93. The summed E-state index contributed by atoms with van der Waals surface area (Å²) in [4.78, 5) is 10.9. The van der Waals surface area contributed by atoms with Crippen LogP contribution in [0.2, 0.25) is 19.1 Å². The minimum Gasteiger partial charge on any atom is -0.462 e. The first-order valence-corrected chi connectivity index (χ1v) is 6.86. The van der Waals surface area contributed by atoms with E-state index in [-0.39, 0.29) is 20.9 Å². The van der Waals surface area contributed by atoms with Crippen molar-refractivity contribution in [1.29, 1.82) is 0 Å². The molecule has 1 radical (unpaired) electrons. The molecule has 0 aromatic heterocycles. The van der Waals surface area contributed by atoms with E-state index >= 15 is 0 Å². The Balaban J connectivity index is 0. The number of carbonyl (C=O) groups excluding carboxylic acids is 1. The number of rotatable bonds is 5. The van der Waals surface area contributed by atoms with E-state index in [0.717, 1.165) is 6.42 Å². The third-order valence-electron chi connectivity index (χ3n) is 1.40.